The number of aromatic nitrogens is 2. The van der Waals surface area contributed by atoms with E-state index < -0.39 is 5.97 Å². The van der Waals surface area contributed by atoms with Crippen molar-refractivity contribution in [1.29, 1.82) is 0 Å². The zero-order valence-corrected chi connectivity index (χ0v) is 9.06. The Bertz CT molecular complexity index is 512. The van der Waals surface area contributed by atoms with Crippen LogP contribution in [0.5, 0.6) is 0 Å². The lowest BCUT2D eigenvalue weighted by atomic mass is 10.3. The Kier molecular flexibility index (Phi) is 2.83. The van der Waals surface area contributed by atoms with Crippen LogP contribution in [0.15, 0.2) is 23.4 Å². The first-order valence-corrected chi connectivity index (χ1v) is 5.49. The maximum Gasteiger partial charge on any atom is 0.166 e. The molecule has 15 heavy (non-hydrogen) atoms. The van der Waals surface area contributed by atoms with Crippen molar-refractivity contribution < 1.29 is 9.90 Å². The number of rotatable bonds is 3. The zero-order valence-electron chi connectivity index (χ0n) is 7.49. The number of nitrogens with zero attached hydrogens (tertiary/aromatic N) is 1. The second-order valence-corrected chi connectivity index (χ2v) is 4.26. The minimum atomic E-state index is -1.11. The van der Waals surface area contributed by atoms with Crippen molar-refractivity contribution in [2.24, 2.45) is 0 Å². The van der Waals surface area contributed by atoms with Crippen molar-refractivity contribution in [2.75, 3.05) is 5.75 Å². The standard InChI is InChI=1S/C9H7ClN2O2S/c10-5-1-2-6-7(3-5)12-9(11-6)15-4-8(13)14/h1-3H,4H2,(H,11,12)(H,13,14)/p-1. The van der Waals surface area contributed by atoms with Gasteiger partial charge in [0.25, 0.3) is 0 Å². The fourth-order valence-corrected chi connectivity index (χ4v) is 1.93. The van der Waals surface area contributed by atoms with Gasteiger partial charge in [0, 0.05) is 10.8 Å². The molecule has 78 valence electrons. The van der Waals surface area contributed by atoms with Gasteiger partial charge in [-0.2, -0.15) is 0 Å². The van der Waals surface area contributed by atoms with Gasteiger partial charge in [-0.3, -0.25) is 0 Å². The van der Waals surface area contributed by atoms with E-state index >= 15 is 0 Å². The second-order valence-electron chi connectivity index (χ2n) is 2.86. The van der Waals surface area contributed by atoms with Crippen molar-refractivity contribution in [3.63, 3.8) is 0 Å². The fraction of sp³-hybridized carbons (Fsp3) is 0.111. The van der Waals surface area contributed by atoms with Crippen LogP contribution in [0.2, 0.25) is 5.02 Å². The van der Waals surface area contributed by atoms with Crippen LogP contribution in [-0.4, -0.2) is 21.7 Å². The summed E-state index contributed by atoms with van der Waals surface area (Å²) in [6.45, 7) is 0. The largest absolute Gasteiger partial charge is 0.549 e. The first kappa shape index (κ1) is 10.3. The number of benzene rings is 1. The fourth-order valence-electron chi connectivity index (χ4n) is 1.15. The molecular weight excluding hydrogens is 236 g/mol. The van der Waals surface area contributed by atoms with E-state index in [9.17, 15) is 9.90 Å². The highest BCUT2D eigenvalue weighted by Gasteiger charge is 2.03. The van der Waals surface area contributed by atoms with E-state index in [1.54, 1.807) is 18.2 Å². The van der Waals surface area contributed by atoms with E-state index in [2.05, 4.69) is 9.97 Å². The first-order chi connectivity index (χ1) is 7.15. The molecule has 0 unspecified atom stereocenters. The van der Waals surface area contributed by atoms with Crippen LogP contribution < -0.4 is 5.11 Å². The number of hydrogen-bond donors (Lipinski definition) is 1. The minimum Gasteiger partial charge on any atom is -0.549 e. The monoisotopic (exact) mass is 241 g/mol. The van der Waals surface area contributed by atoms with Gasteiger partial charge in [-0.1, -0.05) is 23.4 Å². The topological polar surface area (TPSA) is 68.8 Å². The van der Waals surface area contributed by atoms with E-state index in [0.29, 0.717) is 10.2 Å². The number of hydrogen-bond acceptors (Lipinski definition) is 4. The van der Waals surface area contributed by atoms with Crippen LogP contribution in [0.3, 0.4) is 0 Å². The first-order valence-electron chi connectivity index (χ1n) is 4.13. The smallest absolute Gasteiger partial charge is 0.166 e. The summed E-state index contributed by atoms with van der Waals surface area (Å²) in [7, 11) is 0. The third-order valence-electron chi connectivity index (χ3n) is 1.75. The van der Waals surface area contributed by atoms with E-state index in [-0.39, 0.29) is 5.75 Å². The van der Waals surface area contributed by atoms with E-state index in [4.69, 9.17) is 11.6 Å². The summed E-state index contributed by atoms with van der Waals surface area (Å²) < 4.78 is 0. The molecule has 0 spiro atoms. The molecule has 6 heteroatoms. The van der Waals surface area contributed by atoms with Gasteiger partial charge in [0.1, 0.15) is 0 Å². The number of thioether (sulfide) groups is 1. The lowest BCUT2D eigenvalue weighted by molar-refractivity contribution is -0.301. The summed E-state index contributed by atoms with van der Waals surface area (Å²) in [4.78, 5) is 17.4. The zero-order chi connectivity index (χ0) is 10.8. The van der Waals surface area contributed by atoms with E-state index in [1.807, 2.05) is 0 Å². The number of aliphatic carboxylic acids is 1. The quantitative estimate of drug-likeness (QED) is 0.816. The summed E-state index contributed by atoms with van der Waals surface area (Å²) in [5.41, 5.74) is 1.56. The molecule has 0 radical (unpaired) electrons. The molecule has 2 rings (SSSR count). The van der Waals surface area contributed by atoms with Crippen LogP contribution in [0.25, 0.3) is 11.0 Å². The van der Waals surface area contributed by atoms with E-state index in [0.717, 1.165) is 22.8 Å². The number of carboxylic acids is 1. The Morgan fingerprint density at radius 3 is 3.13 bits per heavy atom. The van der Waals surface area contributed by atoms with Crippen molar-refractivity contribution in [3.8, 4) is 0 Å². The van der Waals surface area contributed by atoms with Crippen LogP contribution in [0.4, 0.5) is 0 Å². The summed E-state index contributed by atoms with van der Waals surface area (Å²) in [5, 5.41) is 11.4. The van der Waals surface area contributed by atoms with Gasteiger partial charge in [-0.15, -0.1) is 0 Å². The molecule has 0 aliphatic heterocycles. The molecule has 0 bridgehead atoms. The molecule has 0 saturated carbocycles. The molecule has 0 atom stereocenters. The Morgan fingerprint density at radius 1 is 1.60 bits per heavy atom. The lowest BCUT2D eigenvalue weighted by Crippen LogP contribution is -2.24. The third kappa shape index (κ3) is 2.43. The molecule has 1 N–H and O–H groups in total. The lowest BCUT2D eigenvalue weighted by Gasteiger charge is -1.96. The number of fused-ring (bicyclic) bond motifs is 1. The van der Waals surface area contributed by atoms with Crippen LogP contribution in [0, 0.1) is 0 Å². The van der Waals surface area contributed by atoms with Gasteiger partial charge < -0.3 is 14.9 Å². The maximum absolute atomic E-state index is 10.2. The number of aromatic amines is 1. The number of carbonyl (C=O) groups excluding carboxylic acids is 1. The maximum atomic E-state index is 10.2. The second kappa shape index (κ2) is 4.12. The van der Waals surface area contributed by atoms with Crippen LogP contribution in [0.1, 0.15) is 0 Å². The number of halogens is 1. The molecule has 4 nitrogen and oxygen atoms in total. The van der Waals surface area contributed by atoms with Crippen LogP contribution in [-0.2, 0) is 4.79 Å². The van der Waals surface area contributed by atoms with Gasteiger partial charge in [-0.25, -0.2) is 4.98 Å². The van der Waals surface area contributed by atoms with Crippen LogP contribution >= 0.6 is 23.4 Å². The predicted molar refractivity (Wildman–Crippen MR) is 56.8 cm³/mol. The van der Waals surface area contributed by atoms with Gasteiger partial charge in [-0.05, 0) is 18.2 Å². The molecule has 0 fully saturated rings. The summed E-state index contributed by atoms with van der Waals surface area (Å²) in [5.74, 6) is -1.23. The Morgan fingerprint density at radius 2 is 2.40 bits per heavy atom. The number of imidazole rings is 1. The molecule has 2 aromatic rings. The van der Waals surface area contributed by atoms with Gasteiger partial charge in [0.05, 0.1) is 17.0 Å². The molecule has 1 aromatic heterocycles. The van der Waals surface area contributed by atoms with E-state index in [1.165, 1.54) is 0 Å². The SMILES string of the molecule is O=C([O-])CSc1nc2ccc(Cl)cc2[nH]1. The average molecular weight is 242 g/mol. The normalized spacial score (nSPS) is 10.7. The Labute approximate surface area is 94.7 Å². The molecule has 1 heterocycles. The highest BCUT2D eigenvalue weighted by molar-refractivity contribution is 7.99. The molecule has 1 aromatic carbocycles. The number of carboxylic acid groups (broad SMARTS) is 1. The molecule has 0 amide bonds. The number of nitrogens with one attached hydrogen (secondary N) is 1. The Hall–Kier alpha value is -1.20. The number of H-pyrrole nitrogens is 1. The van der Waals surface area contributed by atoms with Crippen molar-refractivity contribution in [1.82, 2.24) is 9.97 Å². The van der Waals surface area contributed by atoms with Gasteiger partial charge >= 0.3 is 0 Å². The Balaban J connectivity index is 2.27. The van der Waals surface area contributed by atoms with Gasteiger partial charge in [0.15, 0.2) is 5.16 Å². The van der Waals surface area contributed by atoms with Gasteiger partial charge in [0.2, 0.25) is 0 Å². The third-order valence-corrected chi connectivity index (χ3v) is 2.83. The average Bonchev–Trinajstić information content (AvgIpc) is 2.56. The van der Waals surface area contributed by atoms with Crippen molar-refractivity contribution >= 4 is 40.4 Å². The highest BCUT2D eigenvalue weighted by atomic mass is 35.5. The summed E-state index contributed by atoms with van der Waals surface area (Å²) in [6, 6.07) is 5.25. The summed E-state index contributed by atoms with van der Waals surface area (Å²) >= 11 is 6.89. The highest BCUT2D eigenvalue weighted by Crippen LogP contribution is 2.21. The van der Waals surface area contributed by atoms with Crippen molar-refractivity contribution in [3.05, 3.63) is 23.2 Å². The molecular formula is C9H6ClN2O2S-. The molecule has 0 aliphatic carbocycles. The van der Waals surface area contributed by atoms with Crippen molar-refractivity contribution in [2.45, 2.75) is 5.16 Å². The molecule has 0 aliphatic rings. The predicted octanol–water partition coefficient (Wildman–Crippen LogP) is 1.06. The number of carbonyl (C=O) groups is 1. The summed E-state index contributed by atoms with van der Waals surface area (Å²) in [6.07, 6.45) is 0. The minimum absolute atomic E-state index is 0.118. The molecule has 0 saturated heterocycles.